The average molecular weight is 338 g/mol. The van der Waals surface area contributed by atoms with Crippen LogP contribution in [0.4, 0.5) is 0 Å². The van der Waals surface area contributed by atoms with Gasteiger partial charge in [-0.05, 0) is 55.0 Å². The molecule has 3 unspecified atom stereocenters. The number of hydrogen-bond donors (Lipinski definition) is 1. The Kier molecular flexibility index (Phi) is 4.67. The third-order valence-electron chi connectivity index (χ3n) is 4.61. The maximum Gasteiger partial charge on any atom is 0.123 e. The van der Waals surface area contributed by atoms with Crippen LogP contribution in [-0.4, -0.2) is 19.2 Å². The summed E-state index contributed by atoms with van der Waals surface area (Å²) < 4.78 is 7.13. The first-order valence-electron chi connectivity index (χ1n) is 7.86. The molecule has 1 aliphatic carbocycles. The number of fused-ring (bicyclic) bond motifs is 1. The van der Waals surface area contributed by atoms with Crippen molar-refractivity contribution in [3.63, 3.8) is 0 Å². The van der Waals surface area contributed by atoms with Gasteiger partial charge in [0.1, 0.15) is 11.9 Å². The molecule has 0 amide bonds. The highest BCUT2D eigenvalue weighted by molar-refractivity contribution is 9.10. The van der Waals surface area contributed by atoms with E-state index in [9.17, 15) is 0 Å². The smallest absolute Gasteiger partial charge is 0.123 e. The molecule has 1 heterocycles. The van der Waals surface area contributed by atoms with Gasteiger partial charge in [-0.3, -0.25) is 0 Å². The van der Waals surface area contributed by atoms with Gasteiger partial charge in [-0.25, -0.2) is 0 Å². The van der Waals surface area contributed by atoms with Gasteiger partial charge in [-0.15, -0.1) is 0 Å². The van der Waals surface area contributed by atoms with Crippen molar-refractivity contribution in [1.29, 1.82) is 0 Å². The lowest BCUT2D eigenvalue weighted by atomic mass is 9.82. The Labute approximate surface area is 130 Å². The van der Waals surface area contributed by atoms with E-state index in [0.717, 1.165) is 41.6 Å². The van der Waals surface area contributed by atoms with Gasteiger partial charge in [0.25, 0.3) is 0 Å². The van der Waals surface area contributed by atoms with Gasteiger partial charge < -0.3 is 10.1 Å². The van der Waals surface area contributed by atoms with E-state index in [0.29, 0.717) is 6.10 Å². The van der Waals surface area contributed by atoms with Gasteiger partial charge in [0.05, 0.1) is 0 Å². The number of halogens is 1. The first kappa shape index (κ1) is 14.4. The van der Waals surface area contributed by atoms with E-state index < -0.39 is 0 Å². The summed E-state index contributed by atoms with van der Waals surface area (Å²) >= 11 is 3.52. The normalized spacial score (nSPS) is 29.0. The molecule has 20 heavy (non-hydrogen) atoms. The van der Waals surface area contributed by atoms with Gasteiger partial charge >= 0.3 is 0 Å². The molecule has 3 atom stereocenters. The van der Waals surface area contributed by atoms with Crippen LogP contribution in [0.5, 0.6) is 5.75 Å². The second-order valence-corrected chi connectivity index (χ2v) is 7.41. The Morgan fingerprint density at radius 1 is 1.30 bits per heavy atom. The van der Waals surface area contributed by atoms with Gasteiger partial charge in [0, 0.05) is 17.4 Å². The molecule has 1 fully saturated rings. The fourth-order valence-corrected chi connectivity index (χ4v) is 4.00. The summed E-state index contributed by atoms with van der Waals surface area (Å²) in [6, 6.07) is 6.30. The first-order valence-corrected chi connectivity index (χ1v) is 8.66. The van der Waals surface area contributed by atoms with Crippen LogP contribution in [0.1, 0.15) is 38.2 Å². The second-order valence-electron chi connectivity index (χ2n) is 6.49. The van der Waals surface area contributed by atoms with Crippen LogP contribution in [0.25, 0.3) is 0 Å². The van der Waals surface area contributed by atoms with Crippen molar-refractivity contribution < 1.29 is 4.74 Å². The second kappa shape index (κ2) is 6.48. The summed E-state index contributed by atoms with van der Waals surface area (Å²) in [5.41, 5.74) is 1.33. The molecule has 0 spiro atoms. The third kappa shape index (κ3) is 3.56. The van der Waals surface area contributed by atoms with Gasteiger partial charge in [-0.2, -0.15) is 0 Å². The largest absolute Gasteiger partial charge is 0.488 e. The molecule has 1 N–H and O–H groups in total. The van der Waals surface area contributed by atoms with E-state index in [2.05, 4.69) is 46.4 Å². The number of benzene rings is 1. The minimum atomic E-state index is 0.306. The quantitative estimate of drug-likeness (QED) is 0.890. The van der Waals surface area contributed by atoms with Crippen LogP contribution < -0.4 is 10.1 Å². The van der Waals surface area contributed by atoms with E-state index in [-0.39, 0.29) is 0 Å². The Morgan fingerprint density at radius 2 is 2.20 bits per heavy atom. The maximum absolute atomic E-state index is 5.99. The van der Waals surface area contributed by atoms with E-state index >= 15 is 0 Å². The lowest BCUT2D eigenvalue weighted by Gasteiger charge is -2.27. The van der Waals surface area contributed by atoms with Crippen molar-refractivity contribution in [2.75, 3.05) is 13.1 Å². The van der Waals surface area contributed by atoms with Crippen LogP contribution in [0.15, 0.2) is 22.7 Å². The molecular formula is C17H24BrNO. The molecule has 0 radical (unpaired) electrons. The van der Waals surface area contributed by atoms with E-state index in [1.807, 2.05) is 0 Å². The topological polar surface area (TPSA) is 21.3 Å². The van der Waals surface area contributed by atoms with Crippen LogP contribution in [0.3, 0.4) is 0 Å². The molecule has 1 aliphatic heterocycles. The standard InChI is InChI=1S/C17H24BrNO/c1-12-3-2-4-13(7-12)10-19-11-16-9-14-8-15(18)5-6-17(14)20-16/h5-6,8,12-13,16,19H,2-4,7,9-11H2,1H3. The molecule has 0 aromatic heterocycles. The van der Waals surface area contributed by atoms with Crippen LogP contribution in [0.2, 0.25) is 0 Å². The predicted octanol–water partition coefficient (Wildman–Crippen LogP) is 4.17. The Morgan fingerprint density at radius 3 is 3.05 bits per heavy atom. The molecule has 1 aromatic carbocycles. The maximum atomic E-state index is 5.99. The molecule has 110 valence electrons. The number of nitrogens with one attached hydrogen (secondary N) is 1. The van der Waals surface area contributed by atoms with Crippen molar-refractivity contribution in [3.05, 3.63) is 28.2 Å². The lowest BCUT2D eigenvalue weighted by Crippen LogP contribution is -2.34. The fraction of sp³-hybridized carbons (Fsp3) is 0.647. The van der Waals surface area contributed by atoms with Gasteiger partial charge in [-0.1, -0.05) is 35.7 Å². The summed E-state index contributed by atoms with van der Waals surface area (Å²) in [5.74, 6) is 2.85. The van der Waals surface area contributed by atoms with Crippen molar-refractivity contribution in [2.24, 2.45) is 11.8 Å². The fourth-order valence-electron chi connectivity index (χ4n) is 3.60. The molecule has 3 rings (SSSR count). The Hall–Kier alpha value is -0.540. The van der Waals surface area contributed by atoms with Crippen molar-refractivity contribution in [1.82, 2.24) is 5.32 Å². The zero-order valence-electron chi connectivity index (χ0n) is 12.2. The molecule has 0 saturated heterocycles. The van der Waals surface area contributed by atoms with Crippen molar-refractivity contribution in [3.8, 4) is 5.75 Å². The minimum absolute atomic E-state index is 0.306. The lowest BCUT2D eigenvalue weighted by molar-refractivity contribution is 0.215. The number of hydrogen-bond acceptors (Lipinski definition) is 2. The Bertz CT molecular complexity index is 462. The van der Waals surface area contributed by atoms with Crippen molar-refractivity contribution >= 4 is 15.9 Å². The SMILES string of the molecule is CC1CCCC(CNCC2Cc3cc(Br)ccc3O2)C1. The molecule has 1 aromatic rings. The third-order valence-corrected chi connectivity index (χ3v) is 5.11. The zero-order valence-corrected chi connectivity index (χ0v) is 13.8. The molecular weight excluding hydrogens is 314 g/mol. The summed E-state index contributed by atoms with van der Waals surface area (Å²) in [6.45, 7) is 4.52. The van der Waals surface area contributed by atoms with Crippen LogP contribution in [0, 0.1) is 11.8 Å². The Balaban J connectivity index is 1.42. The minimum Gasteiger partial charge on any atom is -0.488 e. The van der Waals surface area contributed by atoms with E-state index in [1.165, 1.54) is 31.2 Å². The summed E-state index contributed by atoms with van der Waals surface area (Å²) in [4.78, 5) is 0. The zero-order chi connectivity index (χ0) is 13.9. The van der Waals surface area contributed by atoms with Crippen molar-refractivity contribution in [2.45, 2.75) is 45.1 Å². The van der Waals surface area contributed by atoms with E-state index in [4.69, 9.17) is 4.74 Å². The summed E-state index contributed by atoms with van der Waals surface area (Å²) in [7, 11) is 0. The molecule has 2 aliphatic rings. The number of rotatable bonds is 4. The van der Waals surface area contributed by atoms with Crippen LogP contribution >= 0.6 is 15.9 Å². The average Bonchev–Trinajstić information content (AvgIpc) is 2.80. The molecule has 2 nitrogen and oxygen atoms in total. The summed E-state index contributed by atoms with van der Waals surface area (Å²) in [6.07, 6.45) is 6.96. The highest BCUT2D eigenvalue weighted by Gasteiger charge is 2.23. The monoisotopic (exact) mass is 337 g/mol. The van der Waals surface area contributed by atoms with E-state index in [1.54, 1.807) is 0 Å². The van der Waals surface area contributed by atoms with Crippen LogP contribution in [-0.2, 0) is 6.42 Å². The molecule has 1 saturated carbocycles. The highest BCUT2D eigenvalue weighted by Crippen LogP contribution is 2.31. The van der Waals surface area contributed by atoms with Gasteiger partial charge in [0.2, 0.25) is 0 Å². The number of ether oxygens (including phenoxy) is 1. The summed E-state index contributed by atoms with van der Waals surface area (Å²) in [5, 5.41) is 3.63. The predicted molar refractivity (Wildman–Crippen MR) is 86.3 cm³/mol. The highest BCUT2D eigenvalue weighted by atomic mass is 79.9. The van der Waals surface area contributed by atoms with Gasteiger partial charge in [0.15, 0.2) is 0 Å². The molecule has 3 heteroatoms. The first-order chi connectivity index (χ1) is 9.70. The molecule has 0 bridgehead atoms.